The predicted molar refractivity (Wildman–Crippen MR) is 107 cm³/mol. The lowest BCUT2D eigenvalue weighted by molar-refractivity contribution is -0.385. The number of nitrogens with zero attached hydrogens (tertiary/aromatic N) is 1. The molecular weight excluding hydrogens is 462 g/mol. The second-order valence-electron chi connectivity index (χ2n) is 7.11. The molecule has 1 aromatic rings. The highest BCUT2D eigenvalue weighted by Gasteiger charge is 2.63. The maximum Gasteiger partial charge on any atom is 0.305 e. The number of esters is 4. The van der Waals surface area contributed by atoms with Gasteiger partial charge in [0.15, 0.2) is 6.10 Å². The quantitative estimate of drug-likeness (QED) is 0.175. The van der Waals surface area contributed by atoms with Crippen LogP contribution in [0.25, 0.3) is 0 Å². The molecule has 14 nitrogen and oxygen atoms in total. The van der Waals surface area contributed by atoms with Crippen molar-refractivity contribution in [2.24, 2.45) is 0 Å². The highest BCUT2D eigenvalue weighted by Crippen LogP contribution is 2.37. The van der Waals surface area contributed by atoms with E-state index in [1.54, 1.807) is 0 Å². The molecule has 2 rings (SSSR count). The van der Waals surface area contributed by atoms with Gasteiger partial charge in [0.2, 0.25) is 18.5 Å². The number of hydrogen-bond donors (Lipinski definition) is 1. The molecule has 0 saturated carbocycles. The summed E-state index contributed by atoms with van der Waals surface area (Å²) in [7, 11) is 0. The molecule has 0 aliphatic carbocycles. The van der Waals surface area contributed by atoms with Crippen molar-refractivity contribution in [2.45, 2.75) is 58.1 Å². The monoisotopic (exact) mass is 485 g/mol. The summed E-state index contributed by atoms with van der Waals surface area (Å²) >= 11 is 0. The van der Waals surface area contributed by atoms with Gasteiger partial charge in [0, 0.05) is 39.8 Å². The average Bonchev–Trinajstić information content (AvgIpc) is 2.71. The van der Waals surface area contributed by atoms with Crippen LogP contribution in [0.4, 0.5) is 5.69 Å². The van der Waals surface area contributed by atoms with Crippen molar-refractivity contribution >= 4 is 29.6 Å². The second kappa shape index (κ2) is 10.9. The minimum absolute atomic E-state index is 0.0125. The maximum atomic E-state index is 11.8. The molecule has 0 amide bonds. The molecule has 1 heterocycles. The Bertz CT molecular complexity index is 946. The molecule has 1 saturated heterocycles. The third-order valence-electron chi connectivity index (χ3n) is 4.37. The Balaban J connectivity index is 2.52. The van der Waals surface area contributed by atoms with Crippen LogP contribution in [-0.4, -0.2) is 70.9 Å². The van der Waals surface area contributed by atoms with Crippen molar-refractivity contribution in [3.8, 4) is 5.75 Å². The number of hydrogen-bond acceptors (Lipinski definition) is 13. The molecule has 1 aliphatic rings. The van der Waals surface area contributed by atoms with Crippen LogP contribution in [-0.2, 0) is 42.9 Å². The molecule has 186 valence electrons. The minimum atomic E-state index is -2.76. The number of ether oxygens (including phenoxy) is 6. The van der Waals surface area contributed by atoms with Crippen molar-refractivity contribution in [2.75, 3.05) is 6.61 Å². The third-order valence-corrected chi connectivity index (χ3v) is 4.37. The highest BCUT2D eigenvalue weighted by atomic mass is 16.8. The molecule has 0 radical (unpaired) electrons. The van der Waals surface area contributed by atoms with Crippen LogP contribution in [0, 0.1) is 10.1 Å². The van der Waals surface area contributed by atoms with Crippen LogP contribution in [0.5, 0.6) is 5.75 Å². The van der Waals surface area contributed by atoms with Crippen LogP contribution >= 0.6 is 0 Å². The maximum absolute atomic E-state index is 11.8. The number of benzene rings is 1. The number of rotatable bonds is 8. The first-order valence-electron chi connectivity index (χ1n) is 9.79. The second-order valence-corrected chi connectivity index (χ2v) is 7.11. The molecule has 1 aliphatic heterocycles. The molecule has 1 N–H and O–H groups in total. The predicted octanol–water partition coefficient (Wildman–Crippen LogP) is 0.377. The fourth-order valence-electron chi connectivity index (χ4n) is 3.12. The van der Waals surface area contributed by atoms with Crippen molar-refractivity contribution in [3.63, 3.8) is 0 Å². The zero-order valence-electron chi connectivity index (χ0n) is 18.6. The van der Waals surface area contributed by atoms with Gasteiger partial charge in [0.05, 0.1) is 4.92 Å². The van der Waals surface area contributed by atoms with Gasteiger partial charge in [-0.2, -0.15) is 0 Å². The molecule has 0 unspecified atom stereocenters. The summed E-state index contributed by atoms with van der Waals surface area (Å²) in [5.74, 6) is -6.39. The smallest absolute Gasteiger partial charge is 0.305 e. The fourth-order valence-corrected chi connectivity index (χ4v) is 3.12. The summed E-state index contributed by atoms with van der Waals surface area (Å²) in [6.07, 6.45) is -6.84. The van der Waals surface area contributed by atoms with Crippen molar-refractivity contribution in [1.29, 1.82) is 0 Å². The zero-order valence-corrected chi connectivity index (χ0v) is 18.6. The Morgan fingerprint density at radius 1 is 1.00 bits per heavy atom. The Morgan fingerprint density at radius 3 is 2.06 bits per heavy atom. The summed E-state index contributed by atoms with van der Waals surface area (Å²) in [5.41, 5.74) is -0.233. The molecule has 1 fully saturated rings. The molecular formula is C20H23NO13. The standard InChI is InChI=1S/C20H23NO13/c1-10(22)29-9-16-20(26,34-13(4)25)18(31-12(3)24)17(30-11(2)23)19(33-16)32-15-7-5-14(6-8-15)21(27)28/h5-8,16-19,26H,9H2,1-4H3/t16-,17+,18-,19-,20-/m0/s1. The van der Waals surface area contributed by atoms with Crippen LogP contribution in [0.1, 0.15) is 27.7 Å². The van der Waals surface area contributed by atoms with Crippen molar-refractivity contribution < 1.29 is 57.6 Å². The number of nitro benzene ring substituents is 1. The van der Waals surface area contributed by atoms with E-state index in [0.717, 1.165) is 39.8 Å². The van der Waals surface area contributed by atoms with Crippen molar-refractivity contribution in [1.82, 2.24) is 0 Å². The fraction of sp³-hybridized carbons (Fsp3) is 0.500. The lowest BCUT2D eigenvalue weighted by Crippen LogP contribution is -2.71. The number of nitro groups is 1. The molecule has 1 aromatic carbocycles. The van der Waals surface area contributed by atoms with Gasteiger partial charge in [-0.05, 0) is 12.1 Å². The van der Waals surface area contributed by atoms with Gasteiger partial charge in [-0.15, -0.1) is 0 Å². The normalized spacial score (nSPS) is 26.0. The summed E-state index contributed by atoms with van der Waals surface area (Å²) in [6, 6.07) is 4.71. The van der Waals surface area contributed by atoms with E-state index in [4.69, 9.17) is 28.4 Å². The van der Waals surface area contributed by atoms with E-state index >= 15 is 0 Å². The summed E-state index contributed by atoms with van der Waals surface area (Å²) in [5, 5.41) is 22.1. The molecule has 0 bridgehead atoms. The van der Waals surface area contributed by atoms with Crippen LogP contribution in [0.15, 0.2) is 24.3 Å². The highest BCUT2D eigenvalue weighted by molar-refractivity contribution is 5.69. The number of carbonyl (C=O) groups is 4. The Kier molecular flexibility index (Phi) is 8.48. The van der Waals surface area contributed by atoms with Gasteiger partial charge in [0.25, 0.3) is 11.5 Å². The van der Waals surface area contributed by atoms with E-state index in [1.165, 1.54) is 12.1 Å². The first-order valence-corrected chi connectivity index (χ1v) is 9.79. The van der Waals surface area contributed by atoms with Crippen molar-refractivity contribution in [3.05, 3.63) is 34.4 Å². The molecule has 14 heteroatoms. The Labute approximate surface area is 192 Å². The lowest BCUT2D eigenvalue weighted by Gasteiger charge is -2.48. The topological polar surface area (TPSA) is 187 Å². The van der Waals surface area contributed by atoms with E-state index in [0.29, 0.717) is 0 Å². The zero-order chi connectivity index (χ0) is 25.6. The first-order chi connectivity index (χ1) is 15.8. The lowest BCUT2D eigenvalue weighted by atomic mass is 9.94. The third kappa shape index (κ3) is 6.62. The Morgan fingerprint density at radius 2 is 1.59 bits per heavy atom. The number of aliphatic hydroxyl groups is 1. The SMILES string of the molecule is CC(=O)OC[C@@H]1O[C@H](Oc2ccc([N+](=O)[O-])cc2)[C@H](OC(C)=O)[C@H](OC(C)=O)[C@@]1(O)OC(C)=O. The molecule has 0 aromatic heterocycles. The van der Waals surface area contributed by atoms with Gasteiger partial charge in [-0.1, -0.05) is 0 Å². The van der Waals surface area contributed by atoms with Crippen LogP contribution < -0.4 is 4.74 Å². The van der Waals surface area contributed by atoms with Crippen LogP contribution in [0.3, 0.4) is 0 Å². The molecule has 34 heavy (non-hydrogen) atoms. The number of carbonyl (C=O) groups excluding carboxylic acids is 4. The largest absolute Gasteiger partial charge is 0.463 e. The molecule has 0 spiro atoms. The van der Waals surface area contributed by atoms with E-state index in [9.17, 15) is 34.4 Å². The summed E-state index contributed by atoms with van der Waals surface area (Å²) in [6.45, 7) is 3.35. The van der Waals surface area contributed by atoms with E-state index in [2.05, 4.69) is 0 Å². The van der Waals surface area contributed by atoms with E-state index < -0.39 is 65.8 Å². The van der Waals surface area contributed by atoms with E-state index in [1.807, 2.05) is 0 Å². The van der Waals surface area contributed by atoms with Gasteiger partial charge >= 0.3 is 23.9 Å². The van der Waals surface area contributed by atoms with E-state index in [-0.39, 0.29) is 11.4 Å². The Hall–Kier alpha value is -3.78. The minimum Gasteiger partial charge on any atom is -0.463 e. The molecule has 5 atom stereocenters. The summed E-state index contributed by atoms with van der Waals surface area (Å²) < 4.78 is 31.5. The van der Waals surface area contributed by atoms with Gasteiger partial charge in [-0.25, -0.2) is 0 Å². The number of non-ortho nitro benzene ring substituents is 1. The van der Waals surface area contributed by atoms with Gasteiger partial charge in [-0.3, -0.25) is 29.3 Å². The summed E-state index contributed by atoms with van der Waals surface area (Å²) in [4.78, 5) is 56.9. The van der Waals surface area contributed by atoms with Gasteiger partial charge < -0.3 is 33.5 Å². The average molecular weight is 485 g/mol. The first kappa shape index (κ1) is 26.5. The van der Waals surface area contributed by atoms with Gasteiger partial charge in [0.1, 0.15) is 12.4 Å². The van der Waals surface area contributed by atoms with Crippen LogP contribution in [0.2, 0.25) is 0 Å².